The van der Waals surface area contributed by atoms with Gasteiger partial charge in [-0.25, -0.2) is 0 Å². The topological polar surface area (TPSA) is 14.8 Å². The van der Waals surface area contributed by atoms with Crippen LogP contribution in [0.2, 0.25) is 0 Å². The maximum Gasteiger partial charge on any atom is 0.0713 e. The van der Waals surface area contributed by atoms with E-state index in [1.165, 1.54) is 98.8 Å². The van der Waals surface area contributed by atoms with Gasteiger partial charge in [-0.05, 0) is 106 Å². The van der Waals surface area contributed by atoms with Gasteiger partial charge < -0.3 is 13.7 Å². The molecule has 298 valence electrons. The molecule has 3 nitrogen and oxygen atoms in total. The van der Waals surface area contributed by atoms with Gasteiger partial charge in [-0.15, -0.1) is 0 Å². The molecule has 0 unspecified atom stereocenters. The predicted octanol–water partition coefficient (Wildman–Crippen LogP) is 15.3. The Kier molecular flexibility index (Phi) is 7.32. The second-order valence-corrected chi connectivity index (χ2v) is 17.2. The van der Waals surface area contributed by atoms with Gasteiger partial charge in [0.15, 0.2) is 0 Å². The summed E-state index contributed by atoms with van der Waals surface area (Å²) >= 11 is 0. The number of hydrogen-bond acceptors (Lipinski definition) is 0. The van der Waals surface area contributed by atoms with Gasteiger partial charge in [-0.3, -0.25) is 0 Å². The Morgan fingerprint density at radius 1 is 0.266 bits per heavy atom. The second kappa shape index (κ2) is 13.3. The highest BCUT2D eigenvalue weighted by molar-refractivity contribution is 6.26. The zero-order chi connectivity index (χ0) is 41.9. The number of benzene rings is 10. The van der Waals surface area contributed by atoms with Crippen molar-refractivity contribution >= 4 is 65.4 Å². The fourth-order valence-electron chi connectivity index (χ4n) is 11.6. The molecule has 10 aromatic carbocycles. The standard InChI is InChI=1S/C61H39N3/c1-4-18-40(19-5-1)61(52-28-14-10-24-45(52)46-25-11-15-29-53(46)61)41-32-35-56-50(38-41)49-34-37-58-59(60(49)64(56)43-22-8-3-9-23-43)51-39-44(33-36-57(51)62(58)42-20-6-2-7-21-42)63-54-30-16-12-26-47(54)48-27-13-17-31-55(48)63/h1-39H. The number of hydrogen-bond donors (Lipinski definition) is 0. The molecule has 14 rings (SSSR count). The number of rotatable bonds is 5. The van der Waals surface area contributed by atoms with Gasteiger partial charge in [0.2, 0.25) is 0 Å². The predicted molar refractivity (Wildman–Crippen MR) is 267 cm³/mol. The molecule has 64 heavy (non-hydrogen) atoms. The average Bonchev–Trinajstić information content (AvgIpc) is 4.08. The van der Waals surface area contributed by atoms with Gasteiger partial charge in [0, 0.05) is 49.4 Å². The van der Waals surface area contributed by atoms with Crippen LogP contribution in [0.4, 0.5) is 0 Å². The van der Waals surface area contributed by atoms with Crippen LogP contribution < -0.4 is 0 Å². The molecule has 3 heterocycles. The van der Waals surface area contributed by atoms with Crippen LogP contribution >= 0.6 is 0 Å². The van der Waals surface area contributed by atoms with Gasteiger partial charge in [0.1, 0.15) is 0 Å². The fraction of sp³-hybridized carbons (Fsp3) is 0.0164. The minimum Gasteiger partial charge on any atom is -0.309 e. The summed E-state index contributed by atoms with van der Waals surface area (Å²) in [5, 5.41) is 7.42. The molecule has 1 aliphatic carbocycles. The van der Waals surface area contributed by atoms with Crippen LogP contribution in [0, 0.1) is 0 Å². The number of nitrogens with zero attached hydrogens (tertiary/aromatic N) is 3. The Morgan fingerprint density at radius 3 is 1.41 bits per heavy atom. The lowest BCUT2D eigenvalue weighted by Gasteiger charge is -2.34. The van der Waals surface area contributed by atoms with Crippen LogP contribution in [-0.4, -0.2) is 13.7 Å². The molecule has 0 aliphatic heterocycles. The van der Waals surface area contributed by atoms with E-state index >= 15 is 0 Å². The van der Waals surface area contributed by atoms with Gasteiger partial charge in [-0.2, -0.15) is 0 Å². The minimum absolute atomic E-state index is 0.506. The molecule has 0 saturated carbocycles. The van der Waals surface area contributed by atoms with E-state index in [4.69, 9.17) is 0 Å². The maximum atomic E-state index is 2.52. The van der Waals surface area contributed by atoms with Gasteiger partial charge in [0.25, 0.3) is 0 Å². The lowest BCUT2D eigenvalue weighted by atomic mass is 9.67. The Bertz CT molecular complexity index is 3900. The molecule has 0 bridgehead atoms. The Hall–Kier alpha value is -8.40. The highest BCUT2D eigenvalue weighted by atomic mass is 15.0. The van der Waals surface area contributed by atoms with Crippen molar-refractivity contribution < 1.29 is 0 Å². The lowest BCUT2D eigenvalue weighted by molar-refractivity contribution is 0.770. The van der Waals surface area contributed by atoms with Crippen LogP contribution in [0.15, 0.2) is 237 Å². The van der Waals surface area contributed by atoms with Crippen molar-refractivity contribution in [2.45, 2.75) is 5.41 Å². The van der Waals surface area contributed by atoms with Crippen molar-refractivity contribution in [2.24, 2.45) is 0 Å². The van der Waals surface area contributed by atoms with Crippen LogP contribution in [0.25, 0.3) is 93.6 Å². The quantitative estimate of drug-likeness (QED) is 0.164. The van der Waals surface area contributed by atoms with E-state index < -0.39 is 5.41 Å². The van der Waals surface area contributed by atoms with Crippen molar-refractivity contribution in [1.29, 1.82) is 0 Å². The average molecular weight is 814 g/mol. The first-order valence-electron chi connectivity index (χ1n) is 22.2. The molecule has 0 amide bonds. The van der Waals surface area contributed by atoms with E-state index in [0.717, 1.165) is 17.1 Å². The second-order valence-electron chi connectivity index (χ2n) is 17.2. The SMILES string of the molecule is c1ccc(-n2c3ccc(-n4c5ccccc5c5ccccc54)cc3c3c2ccc2c4cc(C5(c6ccccc6)c6ccccc6-c6ccccc65)ccc4n(-c4ccccc4)c23)cc1. The molecule has 0 atom stereocenters. The number of fused-ring (bicyclic) bond motifs is 13. The first-order valence-corrected chi connectivity index (χ1v) is 22.2. The van der Waals surface area contributed by atoms with Gasteiger partial charge in [0.05, 0.1) is 38.5 Å². The summed E-state index contributed by atoms with van der Waals surface area (Å²) in [4.78, 5) is 0. The smallest absolute Gasteiger partial charge is 0.0713 e. The largest absolute Gasteiger partial charge is 0.309 e. The van der Waals surface area contributed by atoms with Crippen molar-refractivity contribution in [3.05, 3.63) is 259 Å². The first kappa shape index (κ1) is 35.2. The Labute approximate surface area is 369 Å². The summed E-state index contributed by atoms with van der Waals surface area (Å²) < 4.78 is 7.41. The molecular formula is C61H39N3. The van der Waals surface area contributed by atoms with E-state index in [9.17, 15) is 0 Å². The van der Waals surface area contributed by atoms with Crippen LogP contribution in [0.1, 0.15) is 22.3 Å². The summed E-state index contributed by atoms with van der Waals surface area (Å²) in [5.41, 5.74) is 17.8. The lowest BCUT2D eigenvalue weighted by Crippen LogP contribution is -2.28. The third-order valence-electron chi connectivity index (χ3n) is 14.1. The van der Waals surface area contributed by atoms with Gasteiger partial charge >= 0.3 is 0 Å². The zero-order valence-electron chi connectivity index (χ0n) is 34.9. The highest BCUT2D eigenvalue weighted by Crippen LogP contribution is 2.57. The monoisotopic (exact) mass is 813 g/mol. The van der Waals surface area contributed by atoms with Crippen LogP contribution in [-0.2, 0) is 5.41 Å². The van der Waals surface area contributed by atoms with Gasteiger partial charge in [-0.1, -0.05) is 164 Å². The number of para-hydroxylation sites is 4. The summed E-state index contributed by atoms with van der Waals surface area (Å²) in [7, 11) is 0. The van der Waals surface area contributed by atoms with Crippen LogP contribution in [0.3, 0.4) is 0 Å². The third-order valence-corrected chi connectivity index (χ3v) is 14.1. The van der Waals surface area contributed by atoms with Crippen molar-refractivity contribution in [3.63, 3.8) is 0 Å². The maximum absolute atomic E-state index is 2.52. The molecule has 0 radical (unpaired) electrons. The van der Waals surface area contributed by atoms with E-state index in [2.05, 4.69) is 250 Å². The van der Waals surface area contributed by atoms with E-state index in [0.29, 0.717) is 0 Å². The van der Waals surface area contributed by atoms with E-state index in [-0.39, 0.29) is 0 Å². The van der Waals surface area contributed by atoms with E-state index in [1.807, 2.05) is 0 Å². The van der Waals surface area contributed by atoms with Crippen molar-refractivity contribution in [1.82, 2.24) is 13.7 Å². The minimum atomic E-state index is -0.506. The third kappa shape index (κ3) is 4.65. The van der Waals surface area contributed by atoms with Crippen molar-refractivity contribution in [2.75, 3.05) is 0 Å². The molecular weight excluding hydrogens is 775 g/mol. The molecule has 1 aliphatic rings. The Morgan fingerprint density at radius 2 is 0.750 bits per heavy atom. The molecule has 3 heteroatoms. The molecule has 0 spiro atoms. The van der Waals surface area contributed by atoms with Crippen molar-refractivity contribution in [3.8, 4) is 28.2 Å². The molecule has 0 N–H and O–H groups in total. The van der Waals surface area contributed by atoms with Crippen LogP contribution in [0.5, 0.6) is 0 Å². The highest BCUT2D eigenvalue weighted by Gasteiger charge is 2.46. The molecule has 3 aromatic heterocycles. The Balaban J connectivity index is 1.14. The summed E-state index contributed by atoms with van der Waals surface area (Å²) in [6.45, 7) is 0. The summed E-state index contributed by atoms with van der Waals surface area (Å²) in [6.07, 6.45) is 0. The summed E-state index contributed by atoms with van der Waals surface area (Å²) in [5.74, 6) is 0. The molecule has 0 saturated heterocycles. The molecule has 0 fully saturated rings. The number of aromatic nitrogens is 3. The summed E-state index contributed by atoms with van der Waals surface area (Å²) in [6, 6.07) is 87.6. The molecule has 13 aromatic rings. The zero-order valence-corrected chi connectivity index (χ0v) is 34.9. The first-order chi connectivity index (χ1) is 31.8. The van der Waals surface area contributed by atoms with E-state index in [1.54, 1.807) is 0 Å². The normalized spacial score (nSPS) is 13.1. The fourth-order valence-corrected chi connectivity index (χ4v) is 11.6.